The van der Waals surface area contributed by atoms with E-state index >= 15 is 0 Å². The summed E-state index contributed by atoms with van der Waals surface area (Å²) >= 11 is 0. The monoisotopic (exact) mass is 354 g/mol. The number of anilines is 1. The lowest BCUT2D eigenvalue weighted by Gasteiger charge is -2.07. The number of fused-ring (bicyclic) bond motifs is 3. The molecular weight excluding hydrogens is 342 g/mol. The van der Waals surface area contributed by atoms with E-state index in [4.69, 9.17) is 0 Å². The molecule has 1 amide bonds. The number of para-hydroxylation sites is 1. The van der Waals surface area contributed by atoms with E-state index in [0.29, 0.717) is 17.0 Å². The van der Waals surface area contributed by atoms with Crippen LogP contribution in [0.15, 0.2) is 53.5 Å². The van der Waals surface area contributed by atoms with E-state index in [1.807, 2.05) is 24.3 Å². The molecule has 2 aromatic heterocycles. The molecule has 0 saturated carbocycles. The zero-order valence-electron chi connectivity index (χ0n) is 13.3. The van der Waals surface area contributed by atoms with Crippen LogP contribution in [0.3, 0.4) is 0 Å². The van der Waals surface area contributed by atoms with Crippen molar-refractivity contribution in [2.75, 3.05) is 5.32 Å². The van der Waals surface area contributed by atoms with Crippen molar-refractivity contribution in [1.82, 2.24) is 14.8 Å². The van der Waals surface area contributed by atoms with Crippen molar-refractivity contribution >= 4 is 33.4 Å². The first-order valence-corrected chi connectivity index (χ1v) is 7.74. The Hall–Kier alpha value is -3.55. The molecule has 0 radical (unpaired) electrons. The van der Waals surface area contributed by atoms with Gasteiger partial charge in [0, 0.05) is 22.4 Å². The van der Waals surface area contributed by atoms with Gasteiger partial charge in [-0.15, -0.1) is 0 Å². The largest absolute Gasteiger partial charge is 0.350 e. The molecule has 6 nitrogen and oxygen atoms in total. The van der Waals surface area contributed by atoms with E-state index in [1.165, 1.54) is 6.20 Å². The van der Waals surface area contributed by atoms with E-state index in [1.54, 1.807) is 0 Å². The number of carbonyl (C=O) groups excluding carboxylic acids is 1. The van der Waals surface area contributed by atoms with Crippen molar-refractivity contribution in [1.29, 1.82) is 0 Å². The lowest BCUT2D eigenvalue weighted by molar-refractivity contribution is -0.117. The third-order valence-electron chi connectivity index (χ3n) is 4.02. The zero-order valence-corrected chi connectivity index (χ0v) is 13.3. The van der Waals surface area contributed by atoms with Crippen LogP contribution >= 0.6 is 0 Å². The number of rotatable bonds is 3. The maximum absolute atomic E-state index is 13.6. The number of H-pyrrole nitrogens is 1. The molecule has 0 fully saturated rings. The van der Waals surface area contributed by atoms with E-state index < -0.39 is 29.6 Å². The summed E-state index contributed by atoms with van der Waals surface area (Å²) in [6.07, 6.45) is 1.50. The molecule has 0 aliphatic carbocycles. The van der Waals surface area contributed by atoms with Gasteiger partial charge in [-0.1, -0.05) is 18.2 Å². The Labute approximate surface area is 145 Å². The highest BCUT2D eigenvalue weighted by atomic mass is 19.1. The predicted molar refractivity (Wildman–Crippen MR) is 92.8 cm³/mol. The molecule has 4 aromatic rings. The van der Waals surface area contributed by atoms with Gasteiger partial charge in [0.2, 0.25) is 5.91 Å². The number of nitrogens with zero attached hydrogens (tertiary/aromatic N) is 2. The Kier molecular flexibility index (Phi) is 3.72. The number of amides is 1. The van der Waals surface area contributed by atoms with Crippen LogP contribution in [0, 0.1) is 11.6 Å². The maximum Gasteiger partial charge on any atom is 0.291 e. The minimum Gasteiger partial charge on any atom is -0.350 e. The molecule has 0 aliphatic heterocycles. The van der Waals surface area contributed by atoms with Crippen LogP contribution in [0.2, 0.25) is 0 Å². The van der Waals surface area contributed by atoms with Gasteiger partial charge in [-0.25, -0.2) is 13.5 Å². The molecule has 2 aromatic carbocycles. The van der Waals surface area contributed by atoms with Crippen LogP contribution in [-0.4, -0.2) is 20.7 Å². The van der Waals surface area contributed by atoms with Crippen molar-refractivity contribution in [3.63, 3.8) is 0 Å². The van der Waals surface area contributed by atoms with Gasteiger partial charge in [-0.05, 0) is 18.2 Å². The van der Waals surface area contributed by atoms with E-state index in [-0.39, 0.29) is 5.69 Å². The first-order chi connectivity index (χ1) is 12.5. The number of halogens is 2. The molecule has 0 bridgehead atoms. The lowest BCUT2D eigenvalue weighted by atomic mass is 10.2. The molecule has 8 heteroatoms. The SMILES string of the molecule is O=C(Cn1ncc2c([nH]c3ccccc32)c1=O)Nc1ccc(F)cc1F. The smallest absolute Gasteiger partial charge is 0.291 e. The molecule has 0 aliphatic rings. The minimum absolute atomic E-state index is 0.170. The summed E-state index contributed by atoms with van der Waals surface area (Å²) in [5.41, 5.74) is 0.489. The maximum atomic E-state index is 13.6. The molecule has 0 unspecified atom stereocenters. The topological polar surface area (TPSA) is 79.8 Å². The molecule has 2 N–H and O–H groups in total. The first-order valence-electron chi connectivity index (χ1n) is 7.74. The third kappa shape index (κ3) is 2.71. The number of nitrogens with one attached hydrogen (secondary N) is 2. The summed E-state index contributed by atoms with van der Waals surface area (Å²) in [5.74, 6) is -2.30. The second kappa shape index (κ2) is 6.07. The molecule has 0 saturated heterocycles. The van der Waals surface area contributed by atoms with Crippen molar-refractivity contribution in [2.24, 2.45) is 0 Å². The van der Waals surface area contributed by atoms with Crippen LogP contribution in [-0.2, 0) is 11.3 Å². The van der Waals surface area contributed by atoms with E-state index in [2.05, 4.69) is 15.4 Å². The predicted octanol–water partition coefficient (Wildman–Crippen LogP) is 2.79. The number of hydrogen-bond acceptors (Lipinski definition) is 3. The summed E-state index contributed by atoms with van der Waals surface area (Å²) in [7, 11) is 0. The Morgan fingerprint density at radius 2 is 1.96 bits per heavy atom. The van der Waals surface area contributed by atoms with Gasteiger partial charge in [0.25, 0.3) is 5.56 Å². The standard InChI is InChI=1S/C18H12F2N4O2/c19-10-5-6-15(13(20)7-10)22-16(25)9-24-18(26)17-12(8-21-24)11-3-1-2-4-14(11)23-17/h1-8,23H,9H2,(H,22,25). The van der Waals surface area contributed by atoms with E-state index in [0.717, 1.165) is 27.7 Å². The van der Waals surface area contributed by atoms with Crippen molar-refractivity contribution in [3.8, 4) is 0 Å². The fourth-order valence-corrected chi connectivity index (χ4v) is 2.80. The van der Waals surface area contributed by atoms with Crippen LogP contribution < -0.4 is 10.9 Å². The summed E-state index contributed by atoms with van der Waals surface area (Å²) in [4.78, 5) is 27.7. The number of aromatic nitrogens is 3. The van der Waals surface area contributed by atoms with Gasteiger partial charge in [0.15, 0.2) is 0 Å². The highest BCUT2D eigenvalue weighted by molar-refractivity contribution is 6.06. The summed E-state index contributed by atoms with van der Waals surface area (Å²) in [6, 6.07) is 10.2. The van der Waals surface area contributed by atoms with Crippen LogP contribution in [0.5, 0.6) is 0 Å². The van der Waals surface area contributed by atoms with Crippen LogP contribution in [0.4, 0.5) is 14.5 Å². The van der Waals surface area contributed by atoms with Crippen molar-refractivity contribution in [3.05, 3.63) is 70.6 Å². The minimum atomic E-state index is -0.898. The number of benzene rings is 2. The van der Waals surface area contributed by atoms with Gasteiger partial charge in [0.1, 0.15) is 23.7 Å². The average molecular weight is 354 g/mol. The fourth-order valence-electron chi connectivity index (χ4n) is 2.80. The highest BCUT2D eigenvalue weighted by Gasteiger charge is 2.13. The average Bonchev–Trinajstić information content (AvgIpc) is 2.99. The number of aromatic amines is 1. The summed E-state index contributed by atoms with van der Waals surface area (Å²) in [5, 5.41) is 7.83. The Morgan fingerprint density at radius 3 is 2.77 bits per heavy atom. The van der Waals surface area contributed by atoms with Gasteiger partial charge in [-0.3, -0.25) is 9.59 Å². The number of carbonyl (C=O) groups is 1. The normalized spacial score (nSPS) is 11.2. The molecule has 26 heavy (non-hydrogen) atoms. The van der Waals surface area contributed by atoms with Gasteiger partial charge < -0.3 is 10.3 Å². The fraction of sp³-hybridized carbons (Fsp3) is 0.0556. The van der Waals surface area contributed by atoms with E-state index in [9.17, 15) is 18.4 Å². The number of hydrogen-bond donors (Lipinski definition) is 2. The third-order valence-corrected chi connectivity index (χ3v) is 4.02. The van der Waals surface area contributed by atoms with Crippen molar-refractivity contribution < 1.29 is 13.6 Å². The first kappa shape index (κ1) is 15.9. The quantitative estimate of drug-likeness (QED) is 0.594. The summed E-state index contributed by atoms with van der Waals surface area (Å²) < 4.78 is 27.5. The lowest BCUT2D eigenvalue weighted by Crippen LogP contribution is -2.29. The summed E-state index contributed by atoms with van der Waals surface area (Å²) in [6.45, 7) is -0.402. The van der Waals surface area contributed by atoms with Crippen molar-refractivity contribution in [2.45, 2.75) is 6.54 Å². The molecular formula is C18H12F2N4O2. The second-order valence-corrected chi connectivity index (χ2v) is 5.74. The molecule has 2 heterocycles. The zero-order chi connectivity index (χ0) is 18.3. The van der Waals surface area contributed by atoms with Crippen LogP contribution in [0.25, 0.3) is 21.8 Å². The Morgan fingerprint density at radius 1 is 1.15 bits per heavy atom. The van der Waals surface area contributed by atoms with Gasteiger partial charge in [-0.2, -0.15) is 5.10 Å². The Bertz CT molecular complexity index is 1210. The molecule has 0 spiro atoms. The van der Waals surface area contributed by atoms with Crippen LogP contribution in [0.1, 0.15) is 0 Å². The molecule has 4 rings (SSSR count). The molecule has 130 valence electrons. The highest BCUT2D eigenvalue weighted by Crippen LogP contribution is 2.21. The van der Waals surface area contributed by atoms with Gasteiger partial charge in [0.05, 0.1) is 11.9 Å². The van der Waals surface area contributed by atoms with Gasteiger partial charge >= 0.3 is 0 Å². The molecule has 0 atom stereocenters. The second-order valence-electron chi connectivity index (χ2n) is 5.74. The Balaban J connectivity index is 1.64.